The summed E-state index contributed by atoms with van der Waals surface area (Å²) in [7, 11) is 0. The molecule has 0 unspecified atom stereocenters. The van der Waals surface area contributed by atoms with Gasteiger partial charge in [-0.3, -0.25) is 0 Å². The summed E-state index contributed by atoms with van der Waals surface area (Å²) in [6.45, 7) is 2.35. The summed E-state index contributed by atoms with van der Waals surface area (Å²) < 4.78 is 3.76. The van der Waals surface area contributed by atoms with Gasteiger partial charge in [-0.05, 0) is 68.9 Å². The smallest absolute Gasteiger partial charge is 0.352 e. The molecule has 7 aromatic rings. The number of hydrogen-bond donors (Lipinski definition) is 1. The predicted octanol–water partition coefficient (Wildman–Crippen LogP) is 8.43. The highest BCUT2D eigenvalue weighted by Crippen LogP contribution is 2.43. The number of benzene rings is 5. The molecule has 0 saturated heterocycles. The van der Waals surface area contributed by atoms with E-state index in [0.29, 0.717) is 12.4 Å². The van der Waals surface area contributed by atoms with Crippen molar-refractivity contribution >= 4 is 12.0 Å². The number of carbonyl (C=O) groups is 1. The molecule has 0 radical (unpaired) electrons. The minimum atomic E-state index is -0.952. The highest BCUT2D eigenvalue weighted by molar-refractivity contribution is 5.86. The van der Waals surface area contributed by atoms with Gasteiger partial charge in [-0.15, -0.1) is 5.10 Å². The summed E-state index contributed by atoms with van der Waals surface area (Å²) in [6, 6.07) is 50.9. The van der Waals surface area contributed by atoms with Gasteiger partial charge in [0.1, 0.15) is 11.2 Å². The number of allylic oxidation sites excluding steroid dienone is 1. The molecule has 0 aliphatic carbocycles. The number of aromatic nitrogens is 5. The number of nitrogens with zero attached hydrogens (tertiary/aromatic N) is 5. The number of carboxylic acid groups (broad SMARTS) is 1. The zero-order valence-electron chi connectivity index (χ0n) is 26.4. The molecule has 0 spiro atoms. The van der Waals surface area contributed by atoms with Crippen LogP contribution < -0.4 is 0 Å². The summed E-state index contributed by atoms with van der Waals surface area (Å²) >= 11 is 0. The van der Waals surface area contributed by atoms with E-state index in [4.69, 9.17) is 5.21 Å². The second kappa shape index (κ2) is 13.2. The first-order valence-electron chi connectivity index (χ1n) is 15.8. The van der Waals surface area contributed by atoms with Crippen LogP contribution in [-0.2, 0) is 12.1 Å². The van der Waals surface area contributed by atoms with E-state index < -0.39 is 11.5 Å². The van der Waals surface area contributed by atoms with E-state index >= 15 is 0 Å². The largest absolute Gasteiger partial charge is 0.477 e. The molecule has 234 valence electrons. The minimum absolute atomic E-state index is 0.253. The Morgan fingerprint density at radius 1 is 0.688 bits per heavy atom. The number of hydrogen-bond acceptors (Lipinski definition) is 4. The number of tetrazole rings is 1. The van der Waals surface area contributed by atoms with Crippen LogP contribution >= 0.6 is 0 Å². The Labute approximate surface area is 279 Å². The number of rotatable bonds is 10. The molecule has 0 amide bonds. The van der Waals surface area contributed by atoms with E-state index in [-0.39, 0.29) is 5.69 Å². The van der Waals surface area contributed by atoms with Gasteiger partial charge in [-0.25, -0.2) is 9.48 Å². The van der Waals surface area contributed by atoms with Gasteiger partial charge >= 0.3 is 5.97 Å². The van der Waals surface area contributed by atoms with Crippen LogP contribution in [0, 0.1) is 0 Å². The maximum absolute atomic E-state index is 11.9. The van der Waals surface area contributed by atoms with E-state index in [2.05, 4.69) is 71.0 Å². The highest BCUT2D eigenvalue weighted by Gasteiger charge is 2.42. The van der Waals surface area contributed by atoms with E-state index in [0.717, 1.165) is 44.6 Å². The molecule has 0 aliphatic rings. The monoisotopic (exact) mass is 627 g/mol. The van der Waals surface area contributed by atoms with Crippen LogP contribution in [-0.4, -0.2) is 35.9 Å². The Kier molecular flexibility index (Phi) is 8.33. The lowest BCUT2D eigenvalue weighted by Gasteiger charge is -2.36. The summed E-state index contributed by atoms with van der Waals surface area (Å²) in [5.41, 5.74) is 7.15. The molecule has 0 atom stereocenters. The van der Waals surface area contributed by atoms with Crippen molar-refractivity contribution in [2.24, 2.45) is 0 Å². The molecule has 2 heterocycles. The van der Waals surface area contributed by atoms with E-state index in [1.54, 1.807) is 6.07 Å². The van der Waals surface area contributed by atoms with Gasteiger partial charge in [0.25, 0.3) is 0 Å². The fourth-order valence-corrected chi connectivity index (χ4v) is 6.55. The molecular weight excluding hydrogens is 594 g/mol. The summed E-state index contributed by atoms with van der Waals surface area (Å²) in [5, 5.41) is 23.5. The van der Waals surface area contributed by atoms with Crippen LogP contribution in [0.1, 0.15) is 45.4 Å². The maximum Gasteiger partial charge on any atom is 0.352 e. The molecule has 2 aromatic heterocycles. The SMILES string of the molecule is C/C=C\c1ccc(C(=O)O)n1Cc1ccc(-c2ccccc2-c2nnnn2C(c2ccccc2)(c2ccccc2)c2ccccc2)cc1. The molecule has 0 aliphatic heterocycles. The molecule has 7 nitrogen and oxygen atoms in total. The van der Waals surface area contributed by atoms with Crippen LogP contribution in [0.2, 0.25) is 0 Å². The lowest BCUT2D eigenvalue weighted by Crippen LogP contribution is -2.39. The van der Waals surface area contributed by atoms with Gasteiger partial charge in [-0.2, -0.15) is 0 Å². The van der Waals surface area contributed by atoms with Crippen LogP contribution in [0.5, 0.6) is 0 Å². The first-order valence-corrected chi connectivity index (χ1v) is 15.8. The zero-order chi connectivity index (χ0) is 32.9. The van der Waals surface area contributed by atoms with Crippen molar-refractivity contribution in [2.45, 2.75) is 19.0 Å². The van der Waals surface area contributed by atoms with Gasteiger partial charge in [0.15, 0.2) is 5.82 Å². The average molecular weight is 628 g/mol. The molecule has 48 heavy (non-hydrogen) atoms. The third-order valence-electron chi connectivity index (χ3n) is 8.71. The van der Waals surface area contributed by atoms with Crippen molar-refractivity contribution in [3.05, 3.63) is 191 Å². The van der Waals surface area contributed by atoms with E-state index in [1.807, 2.05) is 113 Å². The van der Waals surface area contributed by atoms with Gasteiger partial charge in [-0.1, -0.05) is 146 Å². The number of aromatic carboxylic acids is 1. The Balaban J connectivity index is 1.36. The molecule has 5 aromatic carbocycles. The second-order valence-electron chi connectivity index (χ2n) is 11.5. The van der Waals surface area contributed by atoms with Gasteiger partial charge in [0.05, 0.1) is 0 Å². The molecule has 0 saturated carbocycles. The molecule has 0 bridgehead atoms. The lowest BCUT2D eigenvalue weighted by molar-refractivity contribution is 0.0685. The quantitative estimate of drug-likeness (QED) is 0.154. The molecular formula is C41H33N5O2. The minimum Gasteiger partial charge on any atom is -0.477 e. The van der Waals surface area contributed by atoms with Crippen LogP contribution in [0.15, 0.2) is 158 Å². The lowest BCUT2D eigenvalue weighted by atomic mass is 9.77. The van der Waals surface area contributed by atoms with Crippen molar-refractivity contribution in [2.75, 3.05) is 0 Å². The Morgan fingerprint density at radius 3 is 1.77 bits per heavy atom. The van der Waals surface area contributed by atoms with Crippen molar-refractivity contribution in [3.8, 4) is 22.5 Å². The number of carboxylic acids is 1. The molecule has 7 heteroatoms. The van der Waals surface area contributed by atoms with Crippen LogP contribution in [0.3, 0.4) is 0 Å². The summed E-state index contributed by atoms with van der Waals surface area (Å²) in [5.74, 6) is -0.327. The Hall–Kier alpha value is -6.34. The average Bonchev–Trinajstić information content (AvgIpc) is 3.79. The maximum atomic E-state index is 11.9. The van der Waals surface area contributed by atoms with Crippen LogP contribution in [0.4, 0.5) is 0 Å². The van der Waals surface area contributed by atoms with E-state index in [9.17, 15) is 9.90 Å². The standard InChI is InChI=1S/C41H33N5O2/c1-2-14-35-27-28-38(40(47)48)45(35)29-30-23-25-31(26-24-30)36-21-12-13-22-37(36)39-42-43-44-46(39)41(32-15-6-3-7-16-32,33-17-8-4-9-18-33)34-19-10-5-11-20-34/h2-28H,29H2,1H3,(H,47,48)/b14-2-. The van der Waals surface area contributed by atoms with E-state index in [1.165, 1.54) is 0 Å². The van der Waals surface area contributed by atoms with Crippen molar-refractivity contribution in [1.29, 1.82) is 0 Å². The van der Waals surface area contributed by atoms with Gasteiger partial charge in [0, 0.05) is 17.8 Å². The van der Waals surface area contributed by atoms with Crippen LogP contribution in [0.25, 0.3) is 28.6 Å². The fraction of sp³-hybridized carbons (Fsp3) is 0.0732. The molecule has 7 rings (SSSR count). The summed E-state index contributed by atoms with van der Waals surface area (Å²) in [4.78, 5) is 11.9. The third-order valence-corrected chi connectivity index (χ3v) is 8.71. The molecule has 0 fully saturated rings. The first-order chi connectivity index (χ1) is 23.6. The molecule has 1 N–H and O–H groups in total. The summed E-state index contributed by atoms with van der Waals surface area (Å²) in [6.07, 6.45) is 3.83. The van der Waals surface area contributed by atoms with Crippen molar-refractivity contribution in [1.82, 2.24) is 24.8 Å². The van der Waals surface area contributed by atoms with Gasteiger partial charge < -0.3 is 9.67 Å². The third kappa shape index (κ3) is 5.41. The normalized spacial score (nSPS) is 11.6. The Morgan fingerprint density at radius 2 is 1.23 bits per heavy atom. The fourth-order valence-electron chi connectivity index (χ4n) is 6.55. The zero-order valence-corrected chi connectivity index (χ0v) is 26.4. The van der Waals surface area contributed by atoms with Gasteiger partial charge in [0.2, 0.25) is 0 Å². The second-order valence-corrected chi connectivity index (χ2v) is 11.5. The predicted molar refractivity (Wildman–Crippen MR) is 188 cm³/mol. The highest BCUT2D eigenvalue weighted by atomic mass is 16.4. The first kappa shape index (κ1) is 30.3. The Bertz CT molecular complexity index is 2090. The topological polar surface area (TPSA) is 85.8 Å². The van der Waals surface area contributed by atoms with Crippen molar-refractivity contribution < 1.29 is 9.90 Å². The van der Waals surface area contributed by atoms with Crippen molar-refractivity contribution in [3.63, 3.8) is 0 Å².